The van der Waals surface area contributed by atoms with Crippen molar-refractivity contribution in [1.29, 1.82) is 0 Å². The fraction of sp³-hybridized carbons (Fsp3) is 0.273. The maximum absolute atomic E-state index is 12.6. The average molecular weight is 410 g/mol. The van der Waals surface area contributed by atoms with Crippen LogP contribution < -0.4 is 4.74 Å². The van der Waals surface area contributed by atoms with Crippen molar-refractivity contribution < 1.29 is 28.6 Å². The van der Waals surface area contributed by atoms with Crippen molar-refractivity contribution in [3.05, 3.63) is 58.0 Å². The lowest BCUT2D eigenvalue weighted by atomic mass is 10.1. The van der Waals surface area contributed by atoms with E-state index >= 15 is 0 Å². The molecule has 0 atom stereocenters. The van der Waals surface area contributed by atoms with Gasteiger partial charge in [0, 0.05) is 11.1 Å². The summed E-state index contributed by atoms with van der Waals surface area (Å²) in [5.41, 5.74) is 2.94. The van der Waals surface area contributed by atoms with Gasteiger partial charge in [-0.25, -0.2) is 9.59 Å². The van der Waals surface area contributed by atoms with Gasteiger partial charge in [-0.2, -0.15) is 0 Å². The second-order valence-electron chi connectivity index (χ2n) is 6.80. The zero-order valence-electron chi connectivity index (χ0n) is 17.4. The molecule has 0 amide bonds. The molecule has 1 N–H and O–H groups in total. The molecule has 0 aliphatic rings. The summed E-state index contributed by atoms with van der Waals surface area (Å²) in [7, 11) is 2.83. The molecule has 3 rings (SSSR count). The van der Waals surface area contributed by atoms with Crippen LogP contribution in [0.15, 0.2) is 24.3 Å². The van der Waals surface area contributed by atoms with Gasteiger partial charge >= 0.3 is 11.9 Å². The highest BCUT2D eigenvalue weighted by Crippen LogP contribution is 2.23. The van der Waals surface area contributed by atoms with Crippen molar-refractivity contribution in [2.24, 2.45) is 0 Å². The van der Waals surface area contributed by atoms with Gasteiger partial charge in [-0.3, -0.25) is 9.78 Å². The molecule has 0 fully saturated rings. The van der Waals surface area contributed by atoms with E-state index in [1.165, 1.54) is 7.11 Å². The lowest BCUT2D eigenvalue weighted by Gasteiger charge is -2.09. The number of carbonyl (C=O) groups is 3. The molecule has 156 valence electrons. The van der Waals surface area contributed by atoms with Crippen LogP contribution in [0.3, 0.4) is 0 Å². The molecular formula is C22H22N2O6. The van der Waals surface area contributed by atoms with E-state index in [9.17, 15) is 14.4 Å². The van der Waals surface area contributed by atoms with Gasteiger partial charge in [0.1, 0.15) is 5.75 Å². The molecule has 0 aliphatic carbocycles. The van der Waals surface area contributed by atoms with Crippen molar-refractivity contribution in [2.75, 3.05) is 20.8 Å². The Balaban J connectivity index is 1.79. The molecule has 3 aromatic rings. The third kappa shape index (κ3) is 3.89. The Morgan fingerprint density at radius 3 is 2.43 bits per heavy atom. The molecule has 8 nitrogen and oxygen atoms in total. The summed E-state index contributed by atoms with van der Waals surface area (Å²) in [5.74, 6) is -1.01. The number of nitrogens with zero attached hydrogens (tertiary/aromatic N) is 1. The van der Waals surface area contributed by atoms with Gasteiger partial charge in [0.05, 0.1) is 42.3 Å². The van der Waals surface area contributed by atoms with E-state index in [1.54, 1.807) is 52.1 Å². The smallest absolute Gasteiger partial charge is 0.340 e. The minimum Gasteiger partial charge on any atom is -0.497 e. The van der Waals surface area contributed by atoms with Crippen LogP contribution in [0.4, 0.5) is 0 Å². The van der Waals surface area contributed by atoms with Gasteiger partial charge in [0.2, 0.25) is 5.78 Å². The number of hydrogen-bond donors (Lipinski definition) is 1. The molecule has 1 aromatic carbocycles. The second-order valence-corrected chi connectivity index (χ2v) is 6.80. The van der Waals surface area contributed by atoms with E-state index in [2.05, 4.69) is 9.97 Å². The molecule has 0 spiro atoms. The second kappa shape index (κ2) is 8.36. The molecule has 8 heteroatoms. The molecule has 0 bridgehead atoms. The highest BCUT2D eigenvalue weighted by Gasteiger charge is 2.23. The largest absolute Gasteiger partial charge is 0.497 e. The van der Waals surface area contributed by atoms with Crippen LogP contribution >= 0.6 is 0 Å². The summed E-state index contributed by atoms with van der Waals surface area (Å²) in [6, 6.07) is 7.01. The molecule has 0 saturated carbocycles. The summed E-state index contributed by atoms with van der Waals surface area (Å²) >= 11 is 0. The monoisotopic (exact) mass is 410 g/mol. The summed E-state index contributed by atoms with van der Waals surface area (Å²) in [5, 5.41) is 0.719. The van der Waals surface area contributed by atoms with Crippen LogP contribution in [-0.4, -0.2) is 48.5 Å². The summed E-state index contributed by atoms with van der Waals surface area (Å²) < 4.78 is 15.2. The van der Waals surface area contributed by atoms with Crippen LogP contribution in [0.25, 0.3) is 10.9 Å². The van der Waals surface area contributed by atoms with Crippen molar-refractivity contribution in [3.8, 4) is 5.75 Å². The number of H-pyrrole nitrogens is 1. The Morgan fingerprint density at radius 2 is 1.77 bits per heavy atom. The average Bonchev–Trinajstić information content (AvgIpc) is 3.04. The predicted octanol–water partition coefficient (Wildman–Crippen LogP) is 3.32. The molecule has 0 unspecified atom stereocenters. The van der Waals surface area contributed by atoms with Crippen LogP contribution in [0.5, 0.6) is 5.75 Å². The number of ether oxygens (including phenoxy) is 3. The zero-order valence-corrected chi connectivity index (χ0v) is 17.4. The van der Waals surface area contributed by atoms with Gasteiger partial charge in [-0.1, -0.05) is 0 Å². The van der Waals surface area contributed by atoms with Crippen molar-refractivity contribution in [1.82, 2.24) is 9.97 Å². The zero-order chi connectivity index (χ0) is 22.0. The number of fused-ring (bicyclic) bond motifs is 1. The number of ketones is 1. The number of hydrogen-bond acceptors (Lipinski definition) is 7. The lowest BCUT2D eigenvalue weighted by molar-refractivity contribution is 0.0472. The normalized spacial score (nSPS) is 10.7. The quantitative estimate of drug-likeness (QED) is 0.490. The molecule has 30 heavy (non-hydrogen) atoms. The number of esters is 2. The lowest BCUT2D eigenvalue weighted by Crippen LogP contribution is -2.16. The summed E-state index contributed by atoms with van der Waals surface area (Å²) in [6.45, 7) is 4.52. The number of nitrogens with one attached hydrogen (secondary N) is 1. The number of Topliss-reactive ketones (excluding diaryl/α,β-unsaturated/α-hetero) is 1. The van der Waals surface area contributed by atoms with Gasteiger partial charge < -0.3 is 19.2 Å². The van der Waals surface area contributed by atoms with E-state index in [0.29, 0.717) is 33.8 Å². The Kier molecular flexibility index (Phi) is 5.86. The summed E-state index contributed by atoms with van der Waals surface area (Å²) in [6.07, 6.45) is 0. The third-order valence-electron chi connectivity index (χ3n) is 4.87. The van der Waals surface area contributed by atoms with Gasteiger partial charge in [0.15, 0.2) is 6.61 Å². The maximum atomic E-state index is 12.6. The van der Waals surface area contributed by atoms with Gasteiger partial charge in [-0.05, 0) is 50.6 Å². The van der Waals surface area contributed by atoms with Crippen LogP contribution in [-0.2, 0) is 9.47 Å². The number of aromatic nitrogens is 2. The number of aromatic amines is 1. The first-order valence-electron chi connectivity index (χ1n) is 9.20. The minimum absolute atomic E-state index is 0.207. The highest BCUT2D eigenvalue weighted by atomic mass is 16.5. The third-order valence-corrected chi connectivity index (χ3v) is 4.87. The highest BCUT2D eigenvalue weighted by molar-refractivity contribution is 6.03. The predicted molar refractivity (Wildman–Crippen MR) is 109 cm³/mol. The van der Waals surface area contributed by atoms with Crippen molar-refractivity contribution >= 4 is 28.6 Å². The first-order chi connectivity index (χ1) is 14.3. The van der Waals surface area contributed by atoms with E-state index in [0.717, 1.165) is 5.39 Å². The number of methoxy groups -OCH3 is 2. The van der Waals surface area contributed by atoms with Crippen LogP contribution in [0.2, 0.25) is 0 Å². The molecule has 2 heterocycles. The first-order valence-corrected chi connectivity index (χ1v) is 9.20. The number of rotatable bonds is 6. The number of pyridine rings is 1. The Hall–Kier alpha value is -3.68. The van der Waals surface area contributed by atoms with E-state index in [1.807, 2.05) is 0 Å². The molecular weight excluding hydrogens is 388 g/mol. The topological polar surface area (TPSA) is 108 Å². The fourth-order valence-corrected chi connectivity index (χ4v) is 3.30. The number of benzene rings is 1. The molecule has 0 saturated heterocycles. The Bertz CT molecular complexity index is 1160. The number of aryl methyl sites for hydroxylation is 2. The van der Waals surface area contributed by atoms with E-state index in [4.69, 9.17) is 14.2 Å². The van der Waals surface area contributed by atoms with Gasteiger partial charge in [-0.15, -0.1) is 0 Å². The van der Waals surface area contributed by atoms with Crippen LogP contribution in [0, 0.1) is 20.8 Å². The van der Waals surface area contributed by atoms with Gasteiger partial charge in [0.25, 0.3) is 0 Å². The maximum Gasteiger partial charge on any atom is 0.340 e. The Labute approximate surface area is 173 Å². The molecule has 0 aliphatic heterocycles. The van der Waals surface area contributed by atoms with E-state index < -0.39 is 24.3 Å². The summed E-state index contributed by atoms with van der Waals surface area (Å²) in [4.78, 5) is 44.3. The van der Waals surface area contributed by atoms with Crippen molar-refractivity contribution in [3.63, 3.8) is 0 Å². The number of carbonyl (C=O) groups excluding carboxylic acids is 3. The molecule has 0 radical (unpaired) electrons. The SMILES string of the molecule is COC(=O)c1c(C)[nH]c(C(=O)COC(=O)c2cc3cc(OC)ccc3nc2C)c1C. The fourth-order valence-electron chi connectivity index (χ4n) is 3.30. The van der Waals surface area contributed by atoms with E-state index in [-0.39, 0.29) is 11.3 Å². The Morgan fingerprint density at radius 1 is 1.03 bits per heavy atom. The molecule has 2 aromatic heterocycles. The minimum atomic E-state index is -0.660. The van der Waals surface area contributed by atoms with Crippen molar-refractivity contribution in [2.45, 2.75) is 20.8 Å². The standard InChI is InChI=1S/C22H22N2O6/c1-11-19(22(27)29-5)13(3)24-20(11)18(25)10-30-21(26)16-9-14-8-15(28-4)6-7-17(14)23-12(16)2/h6-9,24H,10H2,1-5H3. The van der Waals surface area contributed by atoms with Crippen LogP contribution in [0.1, 0.15) is 48.2 Å². The first kappa shape index (κ1) is 21.0.